The van der Waals surface area contributed by atoms with Crippen molar-refractivity contribution in [1.29, 1.82) is 0 Å². The van der Waals surface area contributed by atoms with Gasteiger partial charge >= 0.3 is 0 Å². The number of hydrogen-bond donors (Lipinski definition) is 1. The Labute approximate surface area is 120 Å². The molecule has 2 unspecified atom stereocenters. The second kappa shape index (κ2) is 5.51. The zero-order valence-electron chi connectivity index (χ0n) is 12.2. The molecule has 3 nitrogen and oxygen atoms in total. The molecule has 1 saturated carbocycles. The Morgan fingerprint density at radius 2 is 2.10 bits per heavy atom. The van der Waals surface area contributed by atoms with E-state index in [0.717, 1.165) is 28.8 Å². The molecule has 1 heterocycles. The summed E-state index contributed by atoms with van der Waals surface area (Å²) in [5, 5.41) is 1.15. The molecule has 0 bridgehead atoms. The van der Waals surface area contributed by atoms with Crippen LogP contribution in [0.5, 0.6) is 0 Å². The number of nitrogens with zero attached hydrogens (tertiary/aromatic N) is 1. The second-order valence-corrected chi connectivity index (χ2v) is 5.69. The van der Waals surface area contributed by atoms with Gasteiger partial charge in [0, 0.05) is 17.7 Å². The van der Waals surface area contributed by atoms with Crippen molar-refractivity contribution >= 4 is 10.9 Å². The van der Waals surface area contributed by atoms with E-state index in [4.69, 9.17) is 10.5 Å². The van der Waals surface area contributed by atoms with Crippen molar-refractivity contribution in [2.45, 2.75) is 38.8 Å². The molecule has 3 heteroatoms. The third kappa shape index (κ3) is 2.69. The number of benzene rings is 1. The minimum atomic E-state index is -0.0480. The number of ether oxygens (including phenoxy) is 1. The van der Waals surface area contributed by atoms with Gasteiger partial charge in [0.1, 0.15) is 0 Å². The fourth-order valence-corrected chi connectivity index (χ4v) is 2.79. The number of hydrogen-bond acceptors (Lipinski definition) is 3. The molecule has 1 aromatic carbocycles. The molecular formula is C17H22N2O. The highest BCUT2D eigenvalue weighted by molar-refractivity contribution is 5.79. The van der Waals surface area contributed by atoms with Crippen LogP contribution in [0.3, 0.4) is 0 Å². The van der Waals surface area contributed by atoms with Crippen LogP contribution in [-0.4, -0.2) is 17.7 Å². The van der Waals surface area contributed by atoms with Crippen LogP contribution in [0.25, 0.3) is 10.9 Å². The largest absolute Gasteiger partial charge is 0.376 e. The van der Waals surface area contributed by atoms with Gasteiger partial charge in [0.2, 0.25) is 0 Å². The summed E-state index contributed by atoms with van der Waals surface area (Å²) in [7, 11) is 0. The van der Waals surface area contributed by atoms with Crippen LogP contribution < -0.4 is 5.73 Å². The average Bonchev–Trinajstić information content (AvgIpc) is 3.28. The van der Waals surface area contributed by atoms with Crippen LogP contribution in [0.1, 0.15) is 37.1 Å². The number of nitrogens with two attached hydrogens (primary N) is 1. The van der Waals surface area contributed by atoms with Gasteiger partial charge in [-0.25, -0.2) is 0 Å². The Morgan fingerprint density at radius 3 is 2.80 bits per heavy atom. The minimum Gasteiger partial charge on any atom is -0.376 e. The summed E-state index contributed by atoms with van der Waals surface area (Å²) in [5.74, 6) is 0.636. The van der Waals surface area contributed by atoms with Gasteiger partial charge in [0.15, 0.2) is 0 Å². The zero-order chi connectivity index (χ0) is 14.1. The third-order valence-electron chi connectivity index (χ3n) is 4.04. The van der Waals surface area contributed by atoms with Gasteiger partial charge < -0.3 is 10.5 Å². The van der Waals surface area contributed by atoms with Crippen LogP contribution in [0.2, 0.25) is 0 Å². The normalized spacial score (nSPS) is 18.1. The van der Waals surface area contributed by atoms with E-state index in [1.165, 1.54) is 12.8 Å². The fraction of sp³-hybridized carbons (Fsp3) is 0.471. The first kappa shape index (κ1) is 13.5. The van der Waals surface area contributed by atoms with Crippen molar-refractivity contribution in [3.05, 3.63) is 41.6 Å². The molecule has 0 saturated heterocycles. The number of aromatic nitrogens is 1. The lowest BCUT2D eigenvalue weighted by molar-refractivity contribution is 0.0283. The van der Waals surface area contributed by atoms with Crippen molar-refractivity contribution < 1.29 is 4.74 Å². The molecule has 2 aromatic rings. The molecular weight excluding hydrogens is 248 g/mol. The van der Waals surface area contributed by atoms with Gasteiger partial charge in [-0.15, -0.1) is 0 Å². The van der Waals surface area contributed by atoms with E-state index in [-0.39, 0.29) is 12.1 Å². The van der Waals surface area contributed by atoms with Crippen molar-refractivity contribution in [3.63, 3.8) is 0 Å². The van der Waals surface area contributed by atoms with Crippen LogP contribution >= 0.6 is 0 Å². The Hall–Kier alpha value is -1.45. The van der Waals surface area contributed by atoms with Crippen LogP contribution in [-0.2, 0) is 4.74 Å². The second-order valence-electron chi connectivity index (χ2n) is 5.69. The van der Waals surface area contributed by atoms with E-state index in [9.17, 15) is 0 Å². The van der Waals surface area contributed by atoms with Gasteiger partial charge in [-0.05, 0) is 56.4 Å². The maximum atomic E-state index is 6.44. The average molecular weight is 270 g/mol. The molecule has 20 heavy (non-hydrogen) atoms. The van der Waals surface area contributed by atoms with Crippen molar-refractivity contribution in [1.82, 2.24) is 4.98 Å². The smallest absolute Gasteiger partial charge is 0.0795 e. The molecule has 2 N–H and O–H groups in total. The summed E-state index contributed by atoms with van der Waals surface area (Å²) in [5.41, 5.74) is 9.66. The van der Waals surface area contributed by atoms with Gasteiger partial charge in [-0.2, -0.15) is 0 Å². The summed E-state index contributed by atoms with van der Waals surface area (Å²) in [4.78, 5) is 4.53. The molecule has 1 aliphatic carbocycles. The number of rotatable bonds is 5. The zero-order valence-corrected chi connectivity index (χ0v) is 12.2. The Bertz CT molecular complexity index is 607. The van der Waals surface area contributed by atoms with Gasteiger partial charge in [0.25, 0.3) is 0 Å². The molecule has 1 fully saturated rings. The van der Waals surface area contributed by atoms with Crippen molar-refractivity contribution in [3.8, 4) is 0 Å². The van der Waals surface area contributed by atoms with Crippen molar-refractivity contribution in [2.75, 3.05) is 6.61 Å². The van der Waals surface area contributed by atoms with E-state index in [2.05, 4.69) is 29.2 Å². The number of aryl methyl sites for hydroxylation is 1. The van der Waals surface area contributed by atoms with Crippen LogP contribution in [0, 0.1) is 12.8 Å². The van der Waals surface area contributed by atoms with E-state index in [0.29, 0.717) is 5.92 Å². The SMILES string of the molecule is CCOC(C1CC1)C(N)c1ccc2nc(C)ccc2c1. The van der Waals surface area contributed by atoms with Gasteiger partial charge in [-0.3, -0.25) is 4.98 Å². The first-order valence-electron chi connectivity index (χ1n) is 7.43. The van der Waals surface area contributed by atoms with E-state index < -0.39 is 0 Å². The lowest BCUT2D eigenvalue weighted by Crippen LogP contribution is -2.30. The van der Waals surface area contributed by atoms with Crippen LogP contribution in [0.15, 0.2) is 30.3 Å². The summed E-state index contributed by atoms with van der Waals surface area (Å²) >= 11 is 0. The monoisotopic (exact) mass is 270 g/mol. The molecule has 0 amide bonds. The molecule has 1 aliphatic rings. The van der Waals surface area contributed by atoms with Crippen LogP contribution in [0.4, 0.5) is 0 Å². The summed E-state index contributed by atoms with van der Waals surface area (Å²) < 4.78 is 5.87. The third-order valence-corrected chi connectivity index (χ3v) is 4.04. The summed E-state index contributed by atoms with van der Waals surface area (Å²) in [6, 6.07) is 10.4. The Kier molecular flexibility index (Phi) is 3.72. The molecule has 1 aromatic heterocycles. The maximum Gasteiger partial charge on any atom is 0.0795 e. The first-order chi connectivity index (χ1) is 9.69. The molecule has 2 atom stereocenters. The topological polar surface area (TPSA) is 48.1 Å². The molecule has 0 radical (unpaired) electrons. The molecule has 3 rings (SSSR count). The first-order valence-corrected chi connectivity index (χ1v) is 7.43. The Morgan fingerprint density at radius 1 is 1.30 bits per heavy atom. The standard InChI is InChI=1S/C17H22N2O/c1-3-20-17(12-6-7-12)16(18)14-8-9-15-13(10-14)5-4-11(2)19-15/h4-5,8-10,12,16-17H,3,6-7,18H2,1-2H3. The van der Waals surface area contributed by atoms with E-state index in [1.54, 1.807) is 0 Å². The quantitative estimate of drug-likeness (QED) is 0.906. The van der Waals surface area contributed by atoms with E-state index >= 15 is 0 Å². The van der Waals surface area contributed by atoms with E-state index in [1.807, 2.05) is 19.9 Å². The predicted octanol–water partition coefficient (Wildman–Crippen LogP) is 3.36. The Balaban J connectivity index is 1.90. The fourth-order valence-electron chi connectivity index (χ4n) is 2.79. The molecule has 0 spiro atoms. The summed E-state index contributed by atoms with van der Waals surface area (Å²) in [6.07, 6.45) is 2.63. The maximum absolute atomic E-state index is 6.44. The number of fused-ring (bicyclic) bond motifs is 1. The summed E-state index contributed by atoms with van der Waals surface area (Å²) in [6.45, 7) is 4.77. The van der Waals surface area contributed by atoms with Gasteiger partial charge in [0.05, 0.1) is 17.7 Å². The minimum absolute atomic E-state index is 0.0480. The lowest BCUT2D eigenvalue weighted by Gasteiger charge is -2.24. The lowest BCUT2D eigenvalue weighted by atomic mass is 9.97. The molecule has 106 valence electrons. The predicted molar refractivity (Wildman–Crippen MR) is 81.5 cm³/mol. The van der Waals surface area contributed by atoms with Crippen molar-refractivity contribution in [2.24, 2.45) is 11.7 Å². The van der Waals surface area contributed by atoms with Gasteiger partial charge in [-0.1, -0.05) is 12.1 Å². The molecule has 0 aliphatic heterocycles. The highest BCUT2D eigenvalue weighted by Crippen LogP contribution is 2.39. The number of pyridine rings is 1. The highest BCUT2D eigenvalue weighted by atomic mass is 16.5. The highest BCUT2D eigenvalue weighted by Gasteiger charge is 2.36.